The van der Waals surface area contributed by atoms with E-state index in [0.717, 1.165) is 43.7 Å². The molecule has 1 aromatic carbocycles. The van der Waals surface area contributed by atoms with Crippen LogP contribution in [0.4, 0.5) is 0 Å². The summed E-state index contributed by atoms with van der Waals surface area (Å²) in [4.78, 5) is 19.3. The maximum atomic E-state index is 12.6. The van der Waals surface area contributed by atoms with Crippen LogP contribution in [-0.4, -0.2) is 28.8 Å². The number of pyridine rings is 1. The molecule has 0 unspecified atom stereocenters. The molecule has 1 aliphatic rings. The third-order valence-electron chi connectivity index (χ3n) is 4.12. The van der Waals surface area contributed by atoms with Crippen molar-refractivity contribution in [3.63, 3.8) is 0 Å². The van der Waals surface area contributed by atoms with E-state index in [0.29, 0.717) is 5.02 Å². The van der Waals surface area contributed by atoms with E-state index in [1.165, 1.54) is 0 Å². The number of carbonyl (C=O) groups excluding carboxylic acids is 1. The van der Waals surface area contributed by atoms with Crippen molar-refractivity contribution in [3.05, 3.63) is 64.9 Å². The van der Waals surface area contributed by atoms with Gasteiger partial charge in [-0.25, -0.2) is 0 Å². The van der Waals surface area contributed by atoms with Gasteiger partial charge >= 0.3 is 0 Å². The number of carbonyl (C=O) groups is 1. The van der Waals surface area contributed by atoms with E-state index < -0.39 is 0 Å². The van der Waals surface area contributed by atoms with Gasteiger partial charge in [0.1, 0.15) is 0 Å². The molecule has 0 bridgehead atoms. The number of Topliss-reactive ketones (excluding diaryl/α,β-unsaturated/α-hetero) is 1. The Kier molecular flexibility index (Phi) is 4.86. The number of aromatic nitrogens is 1. The molecule has 114 valence electrons. The first-order valence-corrected chi connectivity index (χ1v) is 8.02. The third-order valence-corrected chi connectivity index (χ3v) is 4.37. The second-order valence-electron chi connectivity index (χ2n) is 5.77. The SMILES string of the molecule is O=C(c1ccc(Cl)cc1)[C@H]1CCCN(Cc2ccccn2)C1. The summed E-state index contributed by atoms with van der Waals surface area (Å²) < 4.78 is 0. The lowest BCUT2D eigenvalue weighted by Crippen LogP contribution is -2.38. The van der Waals surface area contributed by atoms with Gasteiger partial charge in [0.15, 0.2) is 5.78 Å². The summed E-state index contributed by atoms with van der Waals surface area (Å²) in [5.74, 6) is 0.293. The molecule has 0 aliphatic carbocycles. The number of rotatable bonds is 4. The standard InChI is InChI=1S/C18H19ClN2O/c19-16-8-6-14(7-9-16)18(22)15-4-3-11-21(12-15)13-17-5-1-2-10-20-17/h1-2,5-10,15H,3-4,11-13H2/t15-/m0/s1. The number of halogens is 1. The number of benzene rings is 1. The fourth-order valence-corrected chi connectivity index (χ4v) is 3.11. The van der Waals surface area contributed by atoms with Crippen LogP contribution in [0.25, 0.3) is 0 Å². The first-order valence-electron chi connectivity index (χ1n) is 7.64. The van der Waals surface area contributed by atoms with Crippen LogP contribution in [-0.2, 0) is 6.54 Å². The highest BCUT2D eigenvalue weighted by Crippen LogP contribution is 2.22. The third kappa shape index (κ3) is 3.73. The zero-order valence-corrected chi connectivity index (χ0v) is 13.2. The van der Waals surface area contributed by atoms with Gasteiger partial charge in [-0.05, 0) is 55.8 Å². The second-order valence-corrected chi connectivity index (χ2v) is 6.20. The minimum Gasteiger partial charge on any atom is -0.297 e. The van der Waals surface area contributed by atoms with Gasteiger partial charge in [-0.1, -0.05) is 17.7 Å². The second kappa shape index (κ2) is 7.03. The van der Waals surface area contributed by atoms with Crippen molar-refractivity contribution < 1.29 is 4.79 Å². The maximum Gasteiger partial charge on any atom is 0.167 e. The molecule has 2 aromatic rings. The van der Waals surface area contributed by atoms with Crippen molar-refractivity contribution in [1.82, 2.24) is 9.88 Å². The number of ketones is 1. The Morgan fingerprint density at radius 3 is 2.77 bits per heavy atom. The Morgan fingerprint density at radius 1 is 1.23 bits per heavy atom. The van der Waals surface area contributed by atoms with Crippen molar-refractivity contribution >= 4 is 17.4 Å². The zero-order chi connectivity index (χ0) is 15.4. The van der Waals surface area contributed by atoms with Crippen LogP contribution in [0, 0.1) is 5.92 Å². The molecule has 0 amide bonds. The lowest BCUT2D eigenvalue weighted by atomic mass is 9.90. The number of hydrogen-bond acceptors (Lipinski definition) is 3. The molecule has 0 saturated carbocycles. The highest BCUT2D eigenvalue weighted by atomic mass is 35.5. The van der Waals surface area contributed by atoms with Crippen LogP contribution in [0.3, 0.4) is 0 Å². The molecule has 0 radical (unpaired) electrons. The van der Waals surface area contributed by atoms with E-state index >= 15 is 0 Å². The first-order chi connectivity index (χ1) is 10.7. The minimum absolute atomic E-state index is 0.0682. The topological polar surface area (TPSA) is 33.2 Å². The molecule has 1 atom stereocenters. The van der Waals surface area contributed by atoms with Crippen molar-refractivity contribution in [2.75, 3.05) is 13.1 Å². The summed E-state index contributed by atoms with van der Waals surface area (Å²) in [5.41, 5.74) is 1.82. The van der Waals surface area contributed by atoms with Gasteiger partial charge in [-0.15, -0.1) is 0 Å². The number of likely N-dealkylation sites (tertiary alicyclic amines) is 1. The Labute approximate surface area is 135 Å². The highest BCUT2D eigenvalue weighted by Gasteiger charge is 2.26. The van der Waals surface area contributed by atoms with Gasteiger partial charge in [0.05, 0.1) is 5.69 Å². The average Bonchev–Trinajstić information content (AvgIpc) is 2.56. The molecule has 4 heteroatoms. The number of piperidine rings is 1. The molecule has 3 nitrogen and oxygen atoms in total. The van der Waals surface area contributed by atoms with Crippen LogP contribution >= 0.6 is 11.6 Å². The Bertz CT molecular complexity index is 627. The maximum absolute atomic E-state index is 12.6. The fraction of sp³-hybridized carbons (Fsp3) is 0.333. The summed E-state index contributed by atoms with van der Waals surface area (Å²) in [7, 11) is 0. The van der Waals surface area contributed by atoms with Crippen molar-refractivity contribution in [2.24, 2.45) is 5.92 Å². The van der Waals surface area contributed by atoms with Gasteiger partial charge in [-0.3, -0.25) is 14.7 Å². The summed E-state index contributed by atoms with van der Waals surface area (Å²) in [6.45, 7) is 2.64. The van der Waals surface area contributed by atoms with Gasteiger partial charge < -0.3 is 0 Å². The predicted molar refractivity (Wildman–Crippen MR) is 88.0 cm³/mol. The van der Waals surface area contributed by atoms with Gasteiger partial charge in [0, 0.05) is 35.8 Å². The van der Waals surface area contributed by atoms with Gasteiger partial charge in [0.2, 0.25) is 0 Å². The van der Waals surface area contributed by atoms with E-state index in [1.807, 2.05) is 36.5 Å². The average molecular weight is 315 g/mol. The van der Waals surface area contributed by atoms with E-state index in [1.54, 1.807) is 12.1 Å². The smallest absolute Gasteiger partial charge is 0.167 e. The number of hydrogen-bond donors (Lipinski definition) is 0. The molecule has 3 rings (SSSR count). The Morgan fingerprint density at radius 2 is 2.05 bits per heavy atom. The Balaban J connectivity index is 1.65. The molecular weight excluding hydrogens is 296 g/mol. The largest absolute Gasteiger partial charge is 0.297 e. The van der Waals surface area contributed by atoms with E-state index in [9.17, 15) is 4.79 Å². The van der Waals surface area contributed by atoms with Crippen LogP contribution in [0.1, 0.15) is 28.9 Å². The van der Waals surface area contributed by atoms with E-state index in [4.69, 9.17) is 11.6 Å². The predicted octanol–water partition coefficient (Wildman–Crippen LogP) is 3.83. The van der Waals surface area contributed by atoms with Gasteiger partial charge in [-0.2, -0.15) is 0 Å². The normalized spacial score (nSPS) is 19.0. The fourth-order valence-electron chi connectivity index (χ4n) is 2.98. The molecule has 0 spiro atoms. The molecule has 1 aromatic heterocycles. The van der Waals surface area contributed by atoms with Crippen LogP contribution in [0.15, 0.2) is 48.7 Å². The molecule has 1 saturated heterocycles. The van der Waals surface area contributed by atoms with Crippen LogP contribution in [0.5, 0.6) is 0 Å². The minimum atomic E-state index is 0.0682. The van der Waals surface area contributed by atoms with Crippen LogP contribution < -0.4 is 0 Å². The monoisotopic (exact) mass is 314 g/mol. The van der Waals surface area contributed by atoms with Crippen molar-refractivity contribution in [2.45, 2.75) is 19.4 Å². The van der Waals surface area contributed by atoms with Crippen molar-refractivity contribution in [3.8, 4) is 0 Å². The first kappa shape index (κ1) is 15.2. The lowest BCUT2D eigenvalue weighted by Gasteiger charge is -2.31. The molecule has 1 aliphatic heterocycles. The van der Waals surface area contributed by atoms with E-state index in [-0.39, 0.29) is 11.7 Å². The lowest BCUT2D eigenvalue weighted by molar-refractivity contribution is 0.0810. The number of nitrogens with zero attached hydrogens (tertiary/aromatic N) is 2. The molecular formula is C18H19ClN2O. The summed E-state index contributed by atoms with van der Waals surface area (Å²) in [5, 5.41) is 0.664. The summed E-state index contributed by atoms with van der Waals surface area (Å²) in [6.07, 6.45) is 3.83. The molecule has 2 heterocycles. The molecule has 22 heavy (non-hydrogen) atoms. The summed E-state index contributed by atoms with van der Waals surface area (Å²) >= 11 is 5.89. The van der Waals surface area contributed by atoms with Gasteiger partial charge in [0.25, 0.3) is 0 Å². The Hall–Kier alpha value is -1.71. The van der Waals surface area contributed by atoms with Crippen LogP contribution in [0.2, 0.25) is 5.02 Å². The summed E-state index contributed by atoms with van der Waals surface area (Å²) in [6, 6.07) is 13.2. The van der Waals surface area contributed by atoms with E-state index in [2.05, 4.69) is 9.88 Å². The highest BCUT2D eigenvalue weighted by molar-refractivity contribution is 6.30. The molecule has 1 fully saturated rings. The molecule has 0 N–H and O–H groups in total. The quantitative estimate of drug-likeness (QED) is 0.804. The van der Waals surface area contributed by atoms with Crippen molar-refractivity contribution in [1.29, 1.82) is 0 Å². The zero-order valence-electron chi connectivity index (χ0n) is 12.4.